The lowest BCUT2D eigenvalue weighted by molar-refractivity contribution is -0.140. The molecule has 2 N–H and O–H groups in total. The third kappa shape index (κ3) is 5.00. The molecule has 1 rings (SSSR count). The maximum absolute atomic E-state index is 12.5. The van der Waals surface area contributed by atoms with Crippen LogP contribution in [0.4, 0.5) is 8.78 Å². The molecule has 0 bridgehead atoms. The van der Waals surface area contributed by atoms with Crippen LogP contribution in [0.2, 0.25) is 0 Å². The number of hydrogen-bond acceptors (Lipinski definition) is 3. The van der Waals surface area contributed by atoms with Crippen LogP contribution in [0.5, 0.6) is 0 Å². The smallest absolute Gasteiger partial charge is 0.326 e. The van der Waals surface area contributed by atoms with Gasteiger partial charge in [0.2, 0.25) is 0 Å². The third-order valence-electron chi connectivity index (χ3n) is 3.11. The van der Waals surface area contributed by atoms with Crippen LogP contribution in [0, 0.1) is 5.92 Å². The number of carbonyl (C=O) groups is 2. The number of aliphatic carboxylic acids is 1. The zero-order valence-electron chi connectivity index (χ0n) is 11.7. The number of amides is 1. The SMILES string of the molecule is CCC(C)C(NC(=O)c1ccccc1SC(F)F)C(=O)O. The van der Waals surface area contributed by atoms with Crippen molar-refractivity contribution in [2.24, 2.45) is 5.92 Å². The molecule has 0 radical (unpaired) electrons. The van der Waals surface area contributed by atoms with Crippen LogP contribution in [0.3, 0.4) is 0 Å². The molecule has 2 unspecified atom stereocenters. The van der Waals surface area contributed by atoms with E-state index in [-0.39, 0.29) is 28.1 Å². The standard InChI is InChI=1S/C14H17F2NO3S/c1-3-8(2)11(13(19)20)17-12(18)9-6-4-5-7-10(9)21-14(15)16/h4-8,11,14H,3H2,1-2H3,(H,17,18)(H,19,20). The monoisotopic (exact) mass is 317 g/mol. The predicted octanol–water partition coefficient (Wildman–Crippen LogP) is 3.23. The lowest BCUT2D eigenvalue weighted by Crippen LogP contribution is -2.45. The van der Waals surface area contributed by atoms with Crippen molar-refractivity contribution >= 4 is 23.6 Å². The van der Waals surface area contributed by atoms with E-state index in [1.807, 2.05) is 6.92 Å². The summed E-state index contributed by atoms with van der Waals surface area (Å²) >= 11 is 0.261. The molecule has 0 aromatic heterocycles. The van der Waals surface area contributed by atoms with E-state index in [9.17, 15) is 18.4 Å². The summed E-state index contributed by atoms with van der Waals surface area (Å²) < 4.78 is 24.9. The van der Waals surface area contributed by atoms with Crippen LogP contribution in [0.15, 0.2) is 29.2 Å². The second-order valence-electron chi connectivity index (χ2n) is 4.55. The molecule has 0 saturated carbocycles. The molecule has 1 aromatic rings. The second-order valence-corrected chi connectivity index (χ2v) is 5.58. The number of nitrogens with one attached hydrogen (secondary N) is 1. The first-order valence-corrected chi connectivity index (χ1v) is 7.32. The number of carboxylic acid groups (broad SMARTS) is 1. The summed E-state index contributed by atoms with van der Waals surface area (Å²) in [5, 5.41) is 11.5. The number of hydrogen-bond donors (Lipinski definition) is 2. The Bertz CT molecular complexity index is 511. The Morgan fingerprint density at radius 1 is 1.33 bits per heavy atom. The van der Waals surface area contributed by atoms with Gasteiger partial charge in [0.05, 0.1) is 5.56 Å². The van der Waals surface area contributed by atoms with E-state index in [0.717, 1.165) is 0 Å². The highest BCUT2D eigenvalue weighted by Gasteiger charge is 2.26. The molecule has 116 valence electrons. The van der Waals surface area contributed by atoms with E-state index in [0.29, 0.717) is 6.42 Å². The molecule has 0 heterocycles. The van der Waals surface area contributed by atoms with Crippen molar-refractivity contribution in [3.63, 3.8) is 0 Å². The first-order chi connectivity index (χ1) is 9.86. The molecular weight excluding hydrogens is 300 g/mol. The molecule has 0 aliphatic heterocycles. The summed E-state index contributed by atoms with van der Waals surface area (Å²) in [7, 11) is 0. The third-order valence-corrected chi connectivity index (χ3v) is 3.90. The quantitative estimate of drug-likeness (QED) is 0.758. The maximum Gasteiger partial charge on any atom is 0.326 e. The summed E-state index contributed by atoms with van der Waals surface area (Å²) in [5.41, 5.74) is 0.0531. The van der Waals surface area contributed by atoms with Crippen molar-refractivity contribution in [1.82, 2.24) is 5.32 Å². The molecule has 0 aliphatic rings. The molecule has 4 nitrogen and oxygen atoms in total. The lowest BCUT2D eigenvalue weighted by Gasteiger charge is -2.20. The first-order valence-electron chi connectivity index (χ1n) is 6.44. The minimum Gasteiger partial charge on any atom is -0.480 e. The molecular formula is C14H17F2NO3S. The Hall–Kier alpha value is -1.63. The van der Waals surface area contributed by atoms with E-state index >= 15 is 0 Å². The van der Waals surface area contributed by atoms with Gasteiger partial charge in [-0.3, -0.25) is 4.79 Å². The molecule has 2 atom stereocenters. The number of carboxylic acids is 1. The maximum atomic E-state index is 12.5. The highest BCUT2D eigenvalue weighted by atomic mass is 32.2. The number of rotatable bonds is 7. The van der Waals surface area contributed by atoms with Crippen molar-refractivity contribution in [2.75, 3.05) is 0 Å². The van der Waals surface area contributed by atoms with Gasteiger partial charge in [-0.2, -0.15) is 8.78 Å². The van der Waals surface area contributed by atoms with Crippen LogP contribution < -0.4 is 5.32 Å². The zero-order valence-corrected chi connectivity index (χ0v) is 12.5. The molecule has 0 aliphatic carbocycles. The van der Waals surface area contributed by atoms with Gasteiger partial charge in [-0.05, 0) is 18.1 Å². The molecule has 1 aromatic carbocycles. The summed E-state index contributed by atoms with van der Waals surface area (Å²) in [4.78, 5) is 23.5. The lowest BCUT2D eigenvalue weighted by atomic mass is 9.99. The van der Waals surface area contributed by atoms with Gasteiger partial charge in [0.25, 0.3) is 11.7 Å². The predicted molar refractivity (Wildman–Crippen MR) is 76.6 cm³/mol. The summed E-state index contributed by atoms with van der Waals surface area (Å²) in [6.45, 7) is 3.52. The van der Waals surface area contributed by atoms with Crippen molar-refractivity contribution < 1.29 is 23.5 Å². The topological polar surface area (TPSA) is 66.4 Å². The summed E-state index contributed by atoms with van der Waals surface area (Å²) in [5.74, 6) is -4.71. The fraction of sp³-hybridized carbons (Fsp3) is 0.429. The second kappa shape index (κ2) is 7.97. The largest absolute Gasteiger partial charge is 0.480 e. The number of halogens is 2. The molecule has 0 fully saturated rings. The van der Waals surface area contributed by atoms with Gasteiger partial charge in [-0.15, -0.1) is 0 Å². The van der Waals surface area contributed by atoms with E-state index in [1.165, 1.54) is 12.1 Å². The van der Waals surface area contributed by atoms with E-state index < -0.39 is 23.7 Å². The van der Waals surface area contributed by atoms with Gasteiger partial charge in [0.15, 0.2) is 0 Å². The van der Waals surface area contributed by atoms with Crippen LogP contribution in [0.25, 0.3) is 0 Å². The highest BCUT2D eigenvalue weighted by Crippen LogP contribution is 2.28. The minimum absolute atomic E-state index is 0.0531. The summed E-state index contributed by atoms with van der Waals surface area (Å²) in [6.07, 6.45) is 0.574. The highest BCUT2D eigenvalue weighted by molar-refractivity contribution is 7.99. The van der Waals surface area contributed by atoms with Crippen LogP contribution in [0.1, 0.15) is 30.6 Å². The normalized spacial score (nSPS) is 13.8. The molecule has 0 saturated heterocycles. The van der Waals surface area contributed by atoms with E-state index in [1.54, 1.807) is 19.1 Å². The van der Waals surface area contributed by atoms with E-state index in [4.69, 9.17) is 5.11 Å². The Balaban J connectivity index is 2.95. The molecule has 0 spiro atoms. The van der Waals surface area contributed by atoms with Crippen LogP contribution in [-0.2, 0) is 4.79 Å². The fourth-order valence-corrected chi connectivity index (χ4v) is 2.39. The molecule has 21 heavy (non-hydrogen) atoms. The van der Waals surface area contributed by atoms with Crippen molar-refractivity contribution in [3.05, 3.63) is 29.8 Å². The Kier molecular flexibility index (Phi) is 6.61. The van der Waals surface area contributed by atoms with Gasteiger partial charge >= 0.3 is 5.97 Å². The molecule has 7 heteroatoms. The molecule has 1 amide bonds. The van der Waals surface area contributed by atoms with Crippen molar-refractivity contribution in [3.8, 4) is 0 Å². The van der Waals surface area contributed by atoms with Crippen LogP contribution in [-0.4, -0.2) is 28.8 Å². The number of benzene rings is 1. The average molecular weight is 317 g/mol. The average Bonchev–Trinajstić information content (AvgIpc) is 2.43. The Morgan fingerprint density at radius 2 is 1.95 bits per heavy atom. The Morgan fingerprint density at radius 3 is 2.48 bits per heavy atom. The van der Waals surface area contributed by atoms with Crippen molar-refractivity contribution in [2.45, 2.75) is 37.0 Å². The van der Waals surface area contributed by atoms with Gasteiger partial charge < -0.3 is 10.4 Å². The summed E-state index contributed by atoms with van der Waals surface area (Å²) in [6, 6.07) is 4.85. The van der Waals surface area contributed by atoms with Gasteiger partial charge in [0, 0.05) is 4.90 Å². The first kappa shape index (κ1) is 17.4. The number of alkyl halides is 2. The minimum atomic E-state index is -2.65. The van der Waals surface area contributed by atoms with Gasteiger partial charge in [-0.1, -0.05) is 44.2 Å². The van der Waals surface area contributed by atoms with Gasteiger partial charge in [-0.25, -0.2) is 4.79 Å². The number of thioether (sulfide) groups is 1. The van der Waals surface area contributed by atoms with Crippen LogP contribution >= 0.6 is 11.8 Å². The number of carbonyl (C=O) groups excluding carboxylic acids is 1. The Labute approximate surface area is 125 Å². The van der Waals surface area contributed by atoms with Crippen molar-refractivity contribution in [1.29, 1.82) is 0 Å². The van der Waals surface area contributed by atoms with E-state index in [2.05, 4.69) is 5.32 Å². The zero-order chi connectivity index (χ0) is 16.0. The fourth-order valence-electron chi connectivity index (χ4n) is 1.76. The van der Waals surface area contributed by atoms with Gasteiger partial charge in [0.1, 0.15) is 6.04 Å².